The molecule has 1 aromatic carbocycles. The van der Waals surface area contributed by atoms with Gasteiger partial charge in [-0.2, -0.15) is 0 Å². The molecule has 4 heteroatoms. The summed E-state index contributed by atoms with van der Waals surface area (Å²) in [5.41, 5.74) is 3.97. The third kappa shape index (κ3) is 1.86. The van der Waals surface area contributed by atoms with Crippen LogP contribution in [0.2, 0.25) is 0 Å². The van der Waals surface area contributed by atoms with E-state index in [1.807, 2.05) is 11.3 Å². The fourth-order valence-corrected chi connectivity index (χ4v) is 5.11. The Bertz CT molecular complexity index is 673. The standard InChI is InChI=1S/C17H20N2OS/c1-18-17(16-19-14-4-3-5-15(14)21-16)9-8-11-6-7-12(20-2)10-13(11)17/h6-7,10,18H,3-5,8-9H2,1-2H3. The Morgan fingerprint density at radius 2 is 2.19 bits per heavy atom. The Labute approximate surface area is 129 Å². The number of rotatable bonds is 3. The number of benzene rings is 1. The number of aryl methyl sites for hydroxylation is 3. The molecule has 1 aromatic heterocycles. The molecule has 110 valence electrons. The highest BCUT2D eigenvalue weighted by Crippen LogP contribution is 2.45. The van der Waals surface area contributed by atoms with Gasteiger partial charge in [-0.15, -0.1) is 11.3 Å². The van der Waals surface area contributed by atoms with Crippen LogP contribution in [0, 0.1) is 0 Å². The lowest BCUT2D eigenvalue weighted by Gasteiger charge is -2.28. The highest BCUT2D eigenvalue weighted by molar-refractivity contribution is 7.12. The van der Waals surface area contributed by atoms with E-state index in [4.69, 9.17) is 9.72 Å². The molecule has 1 unspecified atom stereocenters. The van der Waals surface area contributed by atoms with Crippen molar-refractivity contribution in [2.24, 2.45) is 0 Å². The number of aromatic nitrogens is 1. The molecule has 0 fully saturated rings. The fourth-order valence-electron chi connectivity index (χ4n) is 3.72. The molecule has 1 heterocycles. The summed E-state index contributed by atoms with van der Waals surface area (Å²) in [5.74, 6) is 0.930. The van der Waals surface area contributed by atoms with Crippen LogP contribution in [0.15, 0.2) is 18.2 Å². The van der Waals surface area contributed by atoms with Crippen molar-refractivity contribution in [3.8, 4) is 5.75 Å². The van der Waals surface area contributed by atoms with Crippen molar-refractivity contribution < 1.29 is 4.74 Å². The first-order valence-corrected chi connectivity index (χ1v) is 8.44. The maximum Gasteiger partial charge on any atom is 0.119 e. The highest BCUT2D eigenvalue weighted by atomic mass is 32.1. The van der Waals surface area contributed by atoms with Crippen LogP contribution in [0.1, 0.15) is 39.5 Å². The maximum absolute atomic E-state index is 5.43. The predicted octanol–water partition coefficient (Wildman–Crippen LogP) is 3.05. The van der Waals surface area contributed by atoms with E-state index in [0.717, 1.165) is 25.0 Å². The second-order valence-electron chi connectivity index (χ2n) is 5.92. The number of methoxy groups -OCH3 is 1. The summed E-state index contributed by atoms with van der Waals surface area (Å²) in [7, 11) is 3.79. The molecule has 0 bridgehead atoms. The van der Waals surface area contributed by atoms with E-state index in [-0.39, 0.29) is 5.54 Å². The lowest BCUT2D eigenvalue weighted by atomic mass is 9.92. The summed E-state index contributed by atoms with van der Waals surface area (Å²) in [5, 5.41) is 4.82. The van der Waals surface area contributed by atoms with E-state index in [9.17, 15) is 0 Å². The van der Waals surface area contributed by atoms with Crippen LogP contribution in [0.25, 0.3) is 0 Å². The first-order chi connectivity index (χ1) is 10.3. The summed E-state index contributed by atoms with van der Waals surface area (Å²) in [6.45, 7) is 0. The Balaban J connectivity index is 1.85. The molecule has 0 amide bonds. The smallest absolute Gasteiger partial charge is 0.119 e. The van der Waals surface area contributed by atoms with E-state index in [0.29, 0.717) is 0 Å². The van der Waals surface area contributed by atoms with Gasteiger partial charge in [0.1, 0.15) is 10.8 Å². The van der Waals surface area contributed by atoms with Crippen LogP contribution >= 0.6 is 11.3 Å². The fraction of sp³-hybridized carbons (Fsp3) is 0.471. The van der Waals surface area contributed by atoms with Crippen molar-refractivity contribution in [2.75, 3.05) is 14.2 Å². The topological polar surface area (TPSA) is 34.2 Å². The van der Waals surface area contributed by atoms with Gasteiger partial charge in [0.15, 0.2) is 0 Å². The molecule has 1 atom stereocenters. The minimum Gasteiger partial charge on any atom is -0.497 e. The van der Waals surface area contributed by atoms with Crippen molar-refractivity contribution in [3.63, 3.8) is 0 Å². The van der Waals surface area contributed by atoms with E-state index in [2.05, 4.69) is 30.6 Å². The molecule has 1 N–H and O–H groups in total. The van der Waals surface area contributed by atoms with Crippen LogP contribution in [0.5, 0.6) is 5.75 Å². The summed E-state index contributed by atoms with van der Waals surface area (Å²) >= 11 is 1.91. The van der Waals surface area contributed by atoms with E-state index >= 15 is 0 Å². The van der Waals surface area contributed by atoms with Gasteiger partial charge in [-0.1, -0.05) is 6.07 Å². The van der Waals surface area contributed by atoms with Crippen molar-refractivity contribution in [3.05, 3.63) is 44.9 Å². The molecular formula is C17H20N2OS. The number of hydrogen-bond donors (Lipinski definition) is 1. The number of ether oxygens (including phenoxy) is 1. The van der Waals surface area contributed by atoms with E-state index in [1.54, 1.807) is 7.11 Å². The average Bonchev–Trinajstić information content (AvgIpc) is 3.19. The van der Waals surface area contributed by atoms with Crippen LogP contribution in [-0.2, 0) is 24.8 Å². The van der Waals surface area contributed by atoms with Crippen molar-refractivity contribution in [1.29, 1.82) is 0 Å². The van der Waals surface area contributed by atoms with Gasteiger partial charge in [-0.3, -0.25) is 0 Å². The van der Waals surface area contributed by atoms with Crippen LogP contribution in [-0.4, -0.2) is 19.1 Å². The minimum atomic E-state index is -0.126. The molecule has 2 aliphatic rings. The largest absolute Gasteiger partial charge is 0.497 e. The first kappa shape index (κ1) is 13.3. The molecule has 2 aromatic rings. The second kappa shape index (κ2) is 4.82. The summed E-state index contributed by atoms with van der Waals surface area (Å²) < 4.78 is 5.43. The third-order valence-corrected chi connectivity index (χ3v) is 6.25. The van der Waals surface area contributed by atoms with Crippen molar-refractivity contribution in [2.45, 2.75) is 37.6 Å². The molecule has 0 spiro atoms. The molecule has 0 saturated heterocycles. The number of nitrogens with one attached hydrogen (secondary N) is 1. The van der Waals surface area contributed by atoms with Crippen LogP contribution in [0.4, 0.5) is 0 Å². The van der Waals surface area contributed by atoms with Crippen LogP contribution in [0.3, 0.4) is 0 Å². The van der Waals surface area contributed by atoms with Crippen molar-refractivity contribution >= 4 is 11.3 Å². The highest BCUT2D eigenvalue weighted by Gasteiger charge is 2.42. The first-order valence-electron chi connectivity index (χ1n) is 7.62. The van der Waals surface area contributed by atoms with Gasteiger partial charge in [-0.25, -0.2) is 4.98 Å². The Kier molecular flexibility index (Phi) is 3.05. The molecule has 0 radical (unpaired) electrons. The molecule has 21 heavy (non-hydrogen) atoms. The zero-order valence-electron chi connectivity index (χ0n) is 12.5. The minimum absolute atomic E-state index is 0.126. The SMILES string of the molecule is CNC1(c2nc3c(s2)CCC3)CCc2ccc(OC)cc21. The molecule has 4 rings (SSSR count). The molecule has 0 saturated carbocycles. The summed E-state index contributed by atoms with van der Waals surface area (Å²) in [6.07, 6.45) is 5.81. The Morgan fingerprint density at radius 1 is 1.29 bits per heavy atom. The number of thiazole rings is 1. The lowest BCUT2D eigenvalue weighted by Crippen LogP contribution is -2.39. The Morgan fingerprint density at radius 3 is 2.95 bits per heavy atom. The molecule has 2 aliphatic carbocycles. The average molecular weight is 300 g/mol. The lowest BCUT2D eigenvalue weighted by molar-refractivity contribution is 0.407. The number of fused-ring (bicyclic) bond motifs is 2. The van der Waals surface area contributed by atoms with Gasteiger partial charge in [0.2, 0.25) is 0 Å². The molecular weight excluding hydrogens is 280 g/mol. The number of hydrogen-bond acceptors (Lipinski definition) is 4. The van der Waals surface area contributed by atoms with Gasteiger partial charge < -0.3 is 10.1 Å². The second-order valence-corrected chi connectivity index (χ2v) is 7.00. The Hall–Kier alpha value is -1.39. The van der Waals surface area contributed by atoms with E-state index < -0.39 is 0 Å². The van der Waals surface area contributed by atoms with Gasteiger partial charge in [-0.05, 0) is 62.4 Å². The third-order valence-electron chi connectivity index (χ3n) is 4.93. The summed E-state index contributed by atoms with van der Waals surface area (Å²) in [4.78, 5) is 6.48. The zero-order valence-corrected chi connectivity index (χ0v) is 13.3. The van der Waals surface area contributed by atoms with Crippen LogP contribution < -0.4 is 10.1 Å². The zero-order chi connectivity index (χ0) is 14.4. The maximum atomic E-state index is 5.43. The normalized spacial score (nSPS) is 23.1. The van der Waals surface area contributed by atoms with E-state index in [1.165, 1.54) is 39.5 Å². The van der Waals surface area contributed by atoms with Crippen molar-refractivity contribution in [1.82, 2.24) is 10.3 Å². The van der Waals surface area contributed by atoms with Gasteiger partial charge in [0.25, 0.3) is 0 Å². The number of nitrogens with zero attached hydrogens (tertiary/aromatic N) is 1. The quantitative estimate of drug-likeness (QED) is 0.946. The molecule has 0 aliphatic heterocycles. The van der Waals surface area contributed by atoms with Gasteiger partial charge >= 0.3 is 0 Å². The monoisotopic (exact) mass is 300 g/mol. The summed E-state index contributed by atoms with van der Waals surface area (Å²) in [6, 6.07) is 6.45. The van der Waals surface area contributed by atoms with Gasteiger partial charge in [0.05, 0.1) is 18.3 Å². The van der Waals surface area contributed by atoms with Gasteiger partial charge in [0, 0.05) is 4.88 Å². The predicted molar refractivity (Wildman–Crippen MR) is 85.3 cm³/mol. The molecule has 3 nitrogen and oxygen atoms in total.